The molecule has 7 heteroatoms. The third-order valence-corrected chi connectivity index (χ3v) is 3.10. The third-order valence-electron chi connectivity index (χ3n) is 2.74. The molecule has 0 aliphatic rings. The standard InChI is InChI=1S/C13H8Cl2N4O/c14-9-6-10(19-13(15)17-9)18-12(20)8-3-1-2-7-4-5-16-11(7)8/h1-6,16H,(H,17,18,19,20). The number of carbonyl (C=O) groups is 1. The Bertz CT molecular complexity index is 780. The zero-order chi connectivity index (χ0) is 14.1. The second-order valence-corrected chi connectivity index (χ2v) is 4.77. The van der Waals surface area contributed by atoms with E-state index in [0.29, 0.717) is 5.56 Å². The second kappa shape index (κ2) is 5.11. The number of anilines is 1. The van der Waals surface area contributed by atoms with Gasteiger partial charge in [-0.15, -0.1) is 0 Å². The number of hydrogen-bond acceptors (Lipinski definition) is 3. The SMILES string of the molecule is O=C(Nc1cc(Cl)nc(Cl)n1)c1cccc2cc[nH]c12. The van der Waals surface area contributed by atoms with E-state index in [4.69, 9.17) is 23.2 Å². The Labute approximate surface area is 124 Å². The summed E-state index contributed by atoms with van der Waals surface area (Å²) in [6.07, 6.45) is 1.78. The number of fused-ring (bicyclic) bond motifs is 1. The van der Waals surface area contributed by atoms with Crippen LogP contribution in [0.4, 0.5) is 5.82 Å². The predicted octanol–water partition coefficient (Wildman–Crippen LogP) is 3.52. The van der Waals surface area contributed by atoms with Gasteiger partial charge >= 0.3 is 0 Å². The summed E-state index contributed by atoms with van der Waals surface area (Å²) in [4.78, 5) is 22.9. The van der Waals surface area contributed by atoms with Crippen LogP contribution in [0.5, 0.6) is 0 Å². The highest BCUT2D eigenvalue weighted by molar-refractivity contribution is 6.32. The lowest BCUT2D eigenvalue weighted by atomic mass is 10.1. The molecule has 100 valence electrons. The van der Waals surface area contributed by atoms with Gasteiger partial charge in [0.05, 0.1) is 11.1 Å². The molecular formula is C13H8Cl2N4O. The van der Waals surface area contributed by atoms with Gasteiger partial charge in [0, 0.05) is 17.6 Å². The van der Waals surface area contributed by atoms with Crippen LogP contribution in [0.1, 0.15) is 10.4 Å². The molecule has 1 amide bonds. The number of halogens is 2. The number of aromatic nitrogens is 3. The van der Waals surface area contributed by atoms with Gasteiger partial charge in [-0.05, 0) is 23.7 Å². The average Bonchev–Trinajstić information content (AvgIpc) is 2.85. The maximum Gasteiger partial charge on any atom is 0.258 e. The monoisotopic (exact) mass is 306 g/mol. The Morgan fingerprint density at radius 2 is 2.05 bits per heavy atom. The van der Waals surface area contributed by atoms with Crippen LogP contribution in [-0.4, -0.2) is 20.9 Å². The Morgan fingerprint density at radius 1 is 1.20 bits per heavy atom. The molecule has 5 nitrogen and oxygen atoms in total. The molecule has 3 aromatic rings. The van der Waals surface area contributed by atoms with Crippen molar-refractivity contribution in [1.82, 2.24) is 15.0 Å². The summed E-state index contributed by atoms with van der Waals surface area (Å²) in [6, 6.07) is 8.77. The fourth-order valence-corrected chi connectivity index (χ4v) is 2.32. The van der Waals surface area contributed by atoms with Gasteiger partial charge in [0.2, 0.25) is 5.28 Å². The predicted molar refractivity (Wildman–Crippen MR) is 78.3 cm³/mol. The van der Waals surface area contributed by atoms with Gasteiger partial charge in [-0.1, -0.05) is 23.7 Å². The van der Waals surface area contributed by atoms with E-state index in [0.717, 1.165) is 10.9 Å². The van der Waals surface area contributed by atoms with Crippen molar-refractivity contribution in [3.63, 3.8) is 0 Å². The molecular weight excluding hydrogens is 299 g/mol. The van der Waals surface area contributed by atoms with Crippen molar-refractivity contribution < 1.29 is 4.79 Å². The minimum absolute atomic E-state index is 0.0223. The van der Waals surface area contributed by atoms with E-state index in [-0.39, 0.29) is 22.2 Å². The van der Waals surface area contributed by atoms with Crippen molar-refractivity contribution in [3.8, 4) is 0 Å². The minimum atomic E-state index is -0.302. The summed E-state index contributed by atoms with van der Waals surface area (Å²) in [5.41, 5.74) is 1.27. The molecule has 2 N–H and O–H groups in total. The van der Waals surface area contributed by atoms with E-state index in [9.17, 15) is 4.79 Å². The molecule has 0 saturated heterocycles. The highest BCUT2D eigenvalue weighted by Crippen LogP contribution is 2.19. The van der Waals surface area contributed by atoms with Gasteiger partial charge in [0.15, 0.2) is 0 Å². The lowest BCUT2D eigenvalue weighted by Crippen LogP contribution is -2.13. The number of rotatable bonds is 2. The van der Waals surface area contributed by atoms with E-state index in [2.05, 4.69) is 20.3 Å². The highest BCUT2D eigenvalue weighted by Gasteiger charge is 2.12. The van der Waals surface area contributed by atoms with Gasteiger partial charge in [-0.25, -0.2) is 9.97 Å². The maximum absolute atomic E-state index is 12.3. The lowest BCUT2D eigenvalue weighted by molar-refractivity contribution is 0.102. The Hall–Kier alpha value is -2.11. The molecule has 0 aliphatic carbocycles. The van der Waals surface area contributed by atoms with Gasteiger partial charge in [0.25, 0.3) is 5.91 Å². The number of amides is 1. The number of aromatic amines is 1. The topological polar surface area (TPSA) is 70.7 Å². The smallest absolute Gasteiger partial charge is 0.258 e. The number of hydrogen-bond donors (Lipinski definition) is 2. The molecule has 0 radical (unpaired) electrons. The van der Waals surface area contributed by atoms with Crippen LogP contribution >= 0.6 is 23.2 Å². The first-order valence-electron chi connectivity index (χ1n) is 5.71. The highest BCUT2D eigenvalue weighted by atomic mass is 35.5. The minimum Gasteiger partial charge on any atom is -0.361 e. The molecule has 0 unspecified atom stereocenters. The summed E-state index contributed by atoms with van der Waals surface area (Å²) in [6.45, 7) is 0. The van der Waals surface area contributed by atoms with Crippen molar-refractivity contribution in [1.29, 1.82) is 0 Å². The molecule has 0 spiro atoms. The van der Waals surface area contributed by atoms with Crippen molar-refractivity contribution in [3.05, 3.63) is 52.5 Å². The van der Waals surface area contributed by atoms with Crippen LogP contribution in [0.2, 0.25) is 10.4 Å². The van der Waals surface area contributed by atoms with Gasteiger partial charge < -0.3 is 10.3 Å². The number of carbonyl (C=O) groups excluding carboxylic acids is 1. The molecule has 2 heterocycles. The molecule has 3 rings (SSSR count). The fourth-order valence-electron chi connectivity index (χ4n) is 1.91. The number of H-pyrrole nitrogens is 1. The first kappa shape index (κ1) is 12.9. The van der Waals surface area contributed by atoms with Crippen LogP contribution in [0.3, 0.4) is 0 Å². The summed E-state index contributed by atoms with van der Waals surface area (Å²) in [5, 5.41) is 3.74. The van der Waals surface area contributed by atoms with Crippen molar-refractivity contribution in [2.45, 2.75) is 0 Å². The quantitative estimate of drug-likeness (QED) is 0.562. The Balaban J connectivity index is 1.95. The van der Waals surface area contributed by atoms with Crippen molar-refractivity contribution >= 4 is 45.8 Å². The van der Waals surface area contributed by atoms with E-state index in [1.807, 2.05) is 18.2 Å². The molecule has 0 aliphatic heterocycles. The normalized spacial score (nSPS) is 10.7. The van der Waals surface area contributed by atoms with Crippen LogP contribution in [0, 0.1) is 0 Å². The summed E-state index contributed by atoms with van der Waals surface area (Å²) in [7, 11) is 0. The van der Waals surface area contributed by atoms with Gasteiger partial charge in [-0.2, -0.15) is 0 Å². The molecule has 20 heavy (non-hydrogen) atoms. The zero-order valence-corrected chi connectivity index (χ0v) is 11.5. The first-order valence-corrected chi connectivity index (χ1v) is 6.46. The van der Waals surface area contributed by atoms with Crippen LogP contribution in [-0.2, 0) is 0 Å². The van der Waals surface area contributed by atoms with Gasteiger partial charge in [-0.3, -0.25) is 4.79 Å². The molecule has 0 saturated carbocycles. The number of para-hydroxylation sites is 1. The van der Waals surface area contributed by atoms with E-state index in [1.54, 1.807) is 12.3 Å². The molecule has 0 bridgehead atoms. The number of nitrogens with one attached hydrogen (secondary N) is 2. The largest absolute Gasteiger partial charge is 0.361 e. The Kier molecular flexibility index (Phi) is 3.30. The van der Waals surface area contributed by atoms with E-state index in [1.165, 1.54) is 6.07 Å². The van der Waals surface area contributed by atoms with Crippen LogP contribution in [0.25, 0.3) is 10.9 Å². The average molecular weight is 307 g/mol. The lowest BCUT2D eigenvalue weighted by Gasteiger charge is -2.06. The summed E-state index contributed by atoms with van der Waals surface area (Å²) >= 11 is 11.5. The van der Waals surface area contributed by atoms with Crippen LogP contribution < -0.4 is 5.32 Å². The van der Waals surface area contributed by atoms with Crippen molar-refractivity contribution in [2.24, 2.45) is 0 Å². The van der Waals surface area contributed by atoms with Crippen LogP contribution in [0.15, 0.2) is 36.5 Å². The molecule has 1 aromatic carbocycles. The first-order chi connectivity index (χ1) is 9.63. The fraction of sp³-hybridized carbons (Fsp3) is 0. The maximum atomic E-state index is 12.3. The zero-order valence-electron chi connectivity index (χ0n) is 10.0. The number of nitrogens with zero attached hydrogens (tertiary/aromatic N) is 2. The summed E-state index contributed by atoms with van der Waals surface area (Å²) in [5.74, 6) is -0.0487. The molecule has 0 fully saturated rings. The van der Waals surface area contributed by atoms with Gasteiger partial charge in [0.1, 0.15) is 11.0 Å². The summed E-state index contributed by atoms with van der Waals surface area (Å²) < 4.78 is 0. The number of benzene rings is 1. The van der Waals surface area contributed by atoms with E-state index >= 15 is 0 Å². The third kappa shape index (κ3) is 2.45. The van der Waals surface area contributed by atoms with E-state index < -0.39 is 0 Å². The van der Waals surface area contributed by atoms with Crippen molar-refractivity contribution in [2.75, 3.05) is 5.32 Å². The molecule has 0 atom stereocenters. The Morgan fingerprint density at radius 3 is 2.85 bits per heavy atom. The second-order valence-electron chi connectivity index (χ2n) is 4.05. The molecule has 2 aromatic heterocycles.